The predicted octanol–water partition coefficient (Wildman–Crippen LogP) is 4.16. The number of nitro benzene ring substituents is 1. The fraction of sp³-hybridized carbons (Fsp3) is 0.238. The Morgan fingerprint density at radius 3 is 2.90 bits per heavy atom. The molecule has 0 radical (unpaired) electrons. The van der Waals surface area contributed by atoms with Gasteiger partial charge in [0.25, 0.3) is 11.6 Å². The van der Waals surface area contributed by atoms with E-state index in [9.17, 15) is 14.9 Å². The molecule has 1 amide bonds. The zero-order valence-corrected chi connectivity index (χ0v) is 16.6. The molecule has 0 spiro atoms. The molecule has 3 rings (SSSR count). The van der Waals surface area contributed by atoms with Crippen LogP contribution in [-0.2, 0) is 6.54 Å². The highest BCUT2D eigenvalue weighted by atomic mass is 32.1. The molecule has 1 heterocycles. The van der Waals surface area contributed by atoms with E-state index in [-0.39, 0.29) is 12.2 Å². The van der Waals surface area contributed by atoms with Crippen molar-refractivity contribution >= 4 is 33.1 Å². The standard InChI is InChI=1S/C21H19N3O4S/c1-3-5-12-28-17-8-6-7-15(13-17)20(25)22-21-23(11-4-2)18-10-9-16(24(26)27)14-19(18)29-21/h2,6-10,13-14H,3,5,11-12H2,1H3. The van der Waals surface area contributed by atoms with E-state index in [1.54, 1.807) is 34.9 Å². The SMILES string of the molecule is C#CCn1c(=NC(=O)c2cccc(OCCCC)c2)sc2cc([N+](=O)[O-])ccc21. The molecule has 0 aliphatic heterocycles. The molecule has 1 aromatic heterocycles. The van der Waals surface area contributed by atoms with Crippen LogP contribution in [-0.4, -0.2) is 22.0 Å². The molecule has 8 heteroatoms. The maximum atomic E-state index is 12.7. The van der Waals surface area contributed by atoms with Gasteiger partial charge < -0.3 is 9.30 Å². The summed E-state index contributed by atoms with van der Waals surface area (Å²) in [6, 6.07) is 11.3. The second-order valence-corrected chi connectivity index (χ2v) is 7.24. The monoisotopic (exact) mass is 409 g/mol. The predicted molar refractivity (Wildman–Crippen MR) is 112 cm³/mol. The van der Waals surface area contributed by atoms with Gasteiger partial charge in [-0.2, -0.15) is 4.99 Å². The number of non-ortho nitro benzene ring substituents is 1. The van der Waals surface area contributed by atoms with Gasteiger partial charge in [0.15, 0.2) is 4.80 Å². The van der Waals surface area contributed by atoms with E-state index in [0.29, 0.717) is 32.9 Å². The summed E-state index contributed by atoms with van der Waals surface area (Å²) in [4.78, 5) is 27.9. The zero-order chi connectivity index (χ0) is 20.8. The van der Waals surface area contributed by atoms with E-state index in [4.69, 9.17) is 11.2 Å². The van der Waals surface area contributed by atoms with Gasteiger partial charge in [-0.15, -0.1) is 6.42 Å². The van der Waals surface area contributed by atoms with E-state index in [1.807, 2.05) is 0 Å². The number of hydrogen-bond donors (Lipinski definition) is 0. The molecule has 3 aromatic rings. The van der Waals surface area contributed by atoms with Crippen LogP contribution in [0.15, 0.2) is 47.5 Å². The largest absolute Gasteiger partial charge is 0.494 e. The Bertz CT molecular complexity index is 1170. The average molecular weight is 409 g/mol. The third kappa shape index (κ3) is 4.70. The number of aromatic nitrogens is 1. The van der Waals surface area contributed by atoms with Crippen LogP contribution in [0.5, 0.6) is 5.75 Å². The molecule has 0 saturated heterocycles. The fourth-order valence-corrected chi connectivity index (χ4v) is 3.77. The normalized spacial score (nSPS) is 11.4. The summed E-state index contributed by atoms with van der Waals surface area (Å²) in [6.45, 7) is 2.86. The lowest BCUT2D eigenvalue weighted by Gasteiger charge is -2.05. The van der Waals surface area contributed by atoms with Gasteiger partial charge in [0.05, 0.1) is 28.3 Å². The van der Waals surface area contributed by atoms with E-state index < -0.39 is 10.8 Å². The minimum atomic E-state index is -0.462. The van der Waals surface area contributed by atoms with Crippen molar-refractivity contribution in [1.29, 1.82) is 0 Å². The van der Waals surface area contributed by atoms with Crippen molar-refractivity contribution in [3.05, 3.63) is 62.9 Å². The first-order chi connectivity index (χ1) is 14.0. The molecule has 0 aliphatic carbocycles. The Kier molecular flexibility index (Phi) is 6.42. The van der Waals surface area contributed by atoms with Crippen LogP contribution in [0.25, 0.3) is 10.2 Å². The van der Waals surface area contributed by atoms with E-state index in [0.717, 1.165) is 12.8 Å². The van der Waals surface area contributed by atoms with Crippen LogP contribution in [0.2, 0.25) is 0 Å². The number of carbonyl (C=O) groups is 1. The maximum Gasteiger partial charge on any atom is 0.279 e. The molecular weight excluding hydrogens is 390 g/mol. The number of unbranched alkanes of at least 4 members (excludes halogenated alkanes) is 1. The third-order valence-electron chi connectivity index (χ3n) is 4.17. The van der Waals surface area contributed by atoms with Gasteiger partial charge in [-0.25, -0.2) is 0 Å². The zero-order valence-electron chi connectivity index (χ0n) is 15.8. The first-order valence-corrected chi connectivity index (χ1v) is 9.88. The molecule has 2 aromatic carbocycles. The van der Waals surface area contributed by atoms with Crippen molar-refractivity contribution in [1.82, 2.24) is 4.57 Å². The topological polar surface area (TPSA) is 86.7 Å². The molecule has 0 aliphatic rings. The van der Waals surface area contributed by atoms with Gasteiger partial charge >= 0.3 is 0 Å². The van der Waals surface area contributed by atoms with Crippen molar-refractivity contribution < 1.29 is 14.5 Å². The number of fused-ring (bicyclic) bond motifs is 1. The average Bonchev–Trinajstić information content (AvgIpc) is 3.05. The summed E-state index contributed by atoms with van der Waals surface area (Å²) in [7, 11) is 0. The molecule has 148 valence electrons. The first kappa shape index (κ1) is 20.3. The van der Waals surface area contributed by atoms with Crippen molar-refractivity contribution in [3.63, 3.8) is 0 Å². The number of nitrogens with zero attached hydrogens (tertiary/aromatic N) is 3. The number of rotatable bonds is 7. The summed E-state index contributed by atoms with van der Waals surface area (Å²) in [5, 5.41) is 11.0. The highest BCUT2D eigenvalue weighted by Gasteiger charge is 2.13. The Balaban J connectivity index is 1.99. The van der Waals surface area contributed by atoms with Gasteiger partial charge in [-0.05, 0) is 30.7 Å². The molecule has 0 N–H and O–H groups in total. The van der Waals surface area contributed by atoms with Crippen LogP contribution in [0, 0.1) is 22.5 Å². The molecule has 0 atom stereocenters. The molecule has 0 bridgehead atoms. The smallest absolute Gasteiger partial charge is 0.279 e. The molecular formula is C21H19N3O4S. The third-order valence-corrected chi connectivity index (χ3v) is 5.21. The number of thiazole rings is 1. The quantitative estimate of drug-likeness (QED) is 0.254. The van der Waals surface area contributed by atoms with Gasteiger partial charge in [0.1, 0.15) is 5.75 Å². The second-order valence-electron chi connectivity index (χ2n) is 6.23. The molecule has 29 heavy (non-hydrogen) atoms. The van der Waals surface area contributed by atoms with Crippen LogP contribution >= 0.6 is 11.3 Å². The highest BCUT2D eigenvalue weighted by Crippen LogP contribution is 2.23. The number of terminal acetylenes is 1. The van der Waals surface area contributed by atoms with Crippen LogP contribution in [0.3, 0.4) is 0 Å². The minimum absolute atomic E-state index is 0.0265. The van der Waals surface area contributed by atoms with Crippen LogP contribution in [0.1, 0.15) is 30.1 Å². The molecule has 7 nitrogen and oxygen atoms in total. The van der Waals surface area contributed by atoms with Gasteiger partial charge in [-0.1, -0.05) is 36.7 Å². The minimum Gasteiger partial charge on any atom is -0.494 e. The number of benzene rings is 2. The number of nitro groups is 1. The van der Waals surface area contributed by atoms with Crippen molar-refractivity contribution in [2.45, 2.75) is 26.3 Å². The van der Waals surface area contributed by atoms with Gasteiger partial charge in [0.2, 0.25) is 0 Å². The summed E-state index contributed by atoms with van der Waals surface area (Å²) in [6.07, 6.45) is 7.41. The van der Waals surface area contributed by atoms with Crippen molar-refractivity contribution in [2.75, 3.05) is 6.61 Å². The molecule has 0 fully saturated rings. The number of hydrogen-bond acceptors (Lipinski definition) is 5. The second kappa shape index (κ2) is 9.17. The highest BCUT2D eigenvalue weighted by molar-refractivity contribution is 7.16. The Morgan fingerprint density at radius 1 is 1.34 bits per heavy atom. The lowest BCUT2D eigenvalue weighted by molar-refractivity contribution is -0.384. The van der Waals surface area contributed by atoms with Crippen molar-refractivity contribution in [2.24, 2.45) is 4.99 Å². The molecule has 0 unspecified atom stereocenters. The van der Waals surface area contributed by atoms with Gasteiger partial charge in [-0.3, -0.25) is 14.9 Å². The number of amides is 1. The Hall–Kier alpha value is -3.44. The number of ether oxygens (including phenoxy) is 1. The maximum absolute atomic E-state index is 12.7. The van der Waals surface area contributed by atoms with Crippen molar-refractivity contribution in [3.8, 4) is 18.1 Å². The summed E-state index contributed by atoms with van der Waals surface area (Å²) >= 11 is 1.18. The Morgan fingerprint density at radius 2 is 2.17 bits per heavy atom. The summed E-state index contributed by atoms with van der Waals surface area (Å²) in [5.74, 6) is 2.72. The van der Waals surface area contributed by atoms with Crippen LogP contribution < -0.4 is 9.54 Å². The summed E-state index contributed by atoms with van der Waals surface area (Å²) in [5.41, 5.74) is 1.07. The van der Waals surface area contributed by atoms with Crippen LogP contribution in [0.4, 0.5) is 5.69 Å². The van der Waals surface area contributed by atoms with E-state index in [1.165, 1.54) is 23.5 Å². The Labute approximate surface area is 171 Å². The lowest BCUT2D eigenvalue weighted by Crippen LogP contribution is -2.16. The lowest BCUT2D eigenvalue weighted by atomic mass is 10.2. The molecule has 0 saturated carbocycles. The number of carbonyl (C=O) groups excluding carboxylic acids is 1. The fourth-order valence-electron chi connectivity index (χ4n) is 2.71. The van der Waals surface area contributed by atoms with Gasteiger partial charge in [0, 0.05) is 17.7 Å². The summed E-state index contributed by atoms with van der Waals surface area (Å²) < 4.78 is 7.98. The van der Waals surface area contributed by atoms with E-state index in [2.05, 4.69) is 17.8 Å². The van der Waals surface area contributed by atoms with E-state index >= 15 is 0 Å². The first-order valence-electron chi connectivity index (χ1n) is 9.06.